The van der Waals surface area contributed by atoms with Gasteiger partial charge in [0.2, 0.25) is 0 Å². The molecule has 2 N–H and O–H groups in total. The van der Waals surface area contributed by atoms with Crippen LogP contribution < -0.4 is 19.3 Å². The SMILES string of the molecule is CN(C)c1cc(C=CC(=O)O)ccc1OCCOc1ccc(C=CC(=O)O)cc1N(C)C. The van der Waals surface area contributed by atoms with E-state index >= 15 is 0 Å². The molecular weight excluding hydrogens is 412 g/mol. The van der Waals surface area contributed by atoms with E-state index in [1.54, 1.807) is 24.3 Å². The fourth-order valence-electron chi connectivity index (χ4n) is 2.86. The molecule has 0 bridgehead atoms. The molecule has 0 fully saturated rings. The maximum absolute atomic E-state index is 10.7. The Morgan fingerprint density at radius 2 is 1.12 bits per heavy atom. The van der Waals surface area contributed by atoms with E-state index in [9.17, 15) is 9.59 Å². The summed E-state index contributed by atoms with van der Waals surface area (Å²) in [4.78, 5) is 25.2. The fraction of sp³-hybridized carbons (Fsp3) is 0.250. The molecule has 32 heavy (non-hydrogen) atoms. The van der Waals surface area contributed by atoms with Gasteiger partial charge in [0.15, 0.2) is 0 Å². The van der Waals surface area contributed by atoms with Crippen molar-refractivity contribution in [2.45, 2.75) is 0 Å². The maximum Gasteiger partial charge on any atom is 0.328 e. The van der Waals surface area contributed by atoms with Gasteiger partial charge in [-0.1, -0.05) is 12.1 Å². The number of benzene rings is 2. The van der Waals surface area contributed by atoms with Gasteiger partial charge in [0, 0.05) is 40.3 Å². The van der Waals surface area contributed by atoms with Crippen LogP contribution in [0.3, 0.4) is 0 Å². The van der Waals surface area contributed by atoms with E-state index in [4.69, 9.17) is 19.7 Å². The monoisotopic (exact) mass is 440 g/mol. The first kappa shape index (κ1) is 24.3. The van der Waals surface area contributed by atoms with Gasteiger partial charge < -0.3 is 29.5 Å². The van der Waals surface area contributed by atoms with Crippen LogP contribution in [0.25, 0.3) is 12.2 Å². The van der Waals surface area contributed by atoms with E-state index in [0.29, 0.717) is 24.7 Å². The van der Waals surface area contributed by atoms with Crippen molar-refractivity contribution < 1.29 is 29.3 Å². The molecule has 0 spiro atoms. The summed E-state index contributed by atoms with van der Waals surface area (Å²) in [5.41, 5.74) is 3.15. The molecule has 0 saturated carbocycles. The van der Waals surface area contributed by atoms with E-state index in [0.717, 1.165) is 34.7 Å². The third kappa shape index (κ3) is 7.39. The van der Waals surface area contributed by atoms with Crippen molar-refractivity contribution in [1.29, 1.82) is 0 Å². The predicted octanol–water partition coefficient (Wildman–Crippen LogP) is 3.47. The molecule has 0 aromatic heterocycles. The van der Waals surface area contributed by atoms with Crippen LogP contribution in [0.15, 0.2) is 48.6 Å². The molecule has 0 aliphatic rings. The van der Waals surface area contributed by atoms with Gasteiger partial charge in [-0.05, 0) is 47.5 Å². The molecule has 0 aliphatic heterocycles. The van der Waals surface area contributed by atoms with Crippen LogP contribution in [0, 0.1) is 0 Å². The number of anilines is 2. The highest BCUT2D eigenvalue weighted by molar-refractivity contribution is 5.86. The second-order valence-electron chi connectivity index (χ2n) is 7.28. The van der Waals surface area contributed by atoms with Crippen LogP contribution in [0.5, 0.6) is 11.5 Å². The van der Waals surface area contributed by atoms with Crippen LogP contribution in [0.4, 0.5) is 11.4 Å². The third-order valence-corrected chi connectivity index (χ3v) is 4.36. The average molecular weight is 440 g/mol. The molecule has 8 nitrogen and oxygen atoms in total. The standard InChI is InChI=1S/C24H28N2O6/c1-25(2)19-15-17(7-11-23(27)28)5-9-21(19)31-13-14-32-22-10-6-18(8-12-24(29)30)16-20(22)26(3)4/h5-12,15-16H,13-14H2,1-4H3,(H,27,28)(H,29,30). The fourth-order valence-corrected chi connectivity index (χ4v) is 2.86. The zero-order valence-corrected chi connectivity index (χ0v) is 18.6. The number of aliphatic carboxylic acids is 2. The number of carboxylic acid groups (broad SMARTS) is 2. The summed E-state index contributed by atoms with van der Waals surface area (Å²) in [5, 5.41) is 17.6. The van der Waals surface area contributed by atoms with Crippen molar-refractivity contribution in [3.63, 3.8) is 0 Å². The molecule has 0 atom stereocenters. The molecule has 0 saturated heterocycles. The Hall–Kier alpha value is -3.94. The summed E-state index contributed by atoms with van der Waals surface area (Å²) < 4.78 is 11.8. The van der Waals surface area contributed by atoms with Gasteiger partial charge in [-0.3, -0.25) is 0 Å². The number of carboxylic acids is 2. The van der Waals surface area contributed by atoms with Crippen molar-refractivity contribution >= 4 is 35.5 Å². The lowest BCUT2D eigenvalue weighted by atomic mass is 10.1. The highest BCUT2D eigenvalue weighted by atomic mass is 16.5. The largest absolute Gasteiger partial charge is 0.488 e. The first-order chi connectivity index (χ1) is 15.2. The molecular formula is C24H28N2O6. The van der Waals surface area contributed by atoms with Crippen LogP contribution in [-0.2, 0) is 9.59 Å². The second kappa shape index (κ2) is 11.5. The molecule has 2 aromatic carbocycles. The summed E-state index contributed by atoms with van der Waals surface area (Å²) in [6, 6.07) is 10.9. The minimum Gasteiger partial charge on any atom is -0.488 e. The molecule has 0 unspecified atom stereocenters. The highest BCUT2D eigenvalue weighted by Crippen LogP contribution is 2.30. The zero-order valence-electron chi connectivity index (χ0n) is 18.6. The zero-order chi connectivity index (χ0) is 23.7. The van der Waals surface area contributed by atoms with Gasteiger partial charge in [0.05, 0.1) is 11.4 Å². The number of hydrogen-bond donors (Lipinski definition) is 2. The summed E-state index contributed by atoms with van der Waals surface area (Å²) >= 11 is 0. The Bertz CT molecular complexity index is 930. The van der Waals surface area contributed by atoms with Gasteiger partial charge in [0.25, 0.3) is 0 Å². The van der Waals surface area contributed by atoms with Gasteiger partial charge in [-0.15, -0.1) is 0 Å². The predicted molar refractivity (Wildman–Crippen MR) is 126 cm³/mol. The van der Waals surface area contributed by atoms with E-state index in [1.165, 1.54) is 12.2 Å². The van der Waals surface area contributed by atoms with Crippen LogP contribution in [0.1, 0.15) is 11.1 Å². The molecule has 0 radical (unpaired) electrons. The Morgan fingerprint density at radius 1 is 0.750 bits per heavy atom. The van der Waals surface area contributed by atoms with E-state index in [-0.39, 0.29) is 0 Å². The first-order valence-electron chi connectivity index (χ1n) is 9.87. The Kier molecular flexibility index (Phi) is 8.71. The number of nitrogens with zero attached hydrogens (tertiary/aromatic N) is 2. The molecule has 2 rings (SSSR count). The lowest BCUT2D eigenvalue weighted by molar-refractivity contribution is -0.132. The third-order valence-electron chi connectivity index (χ3n) is 4.36. The molecule has 0 aliphatic carbocycles. The van der Waals surface area contributed by atoms with E-state index in [1.807, 2.05) is 50.1 Å². The summed E-state index contributed by atoms with van der Waals surface area (Å²) in [5.74, 6) is -0.685. The lowest BCUT2D eigenvalue weighted by Crippen LogP contribution is -2.15. The second-order valence-corrected chi connectivity index (χ2v) is 7.28. The van der Waals surface area contributed by atoms with Crippen LogP contribution in [-0.4, -0.2) is 63.6 Å². The Morgan fingerprint density at radius 3 is 1.44 bits per heavy atom. The molecule has 8 heteroatoms. The van der Waals surface area contributed by atoms with Crippen molar-refractivity contribution in [3.8, 4) is 11.5 Å². The van der Waals surface area contributed by atoms with Crippen molar-refractivity contribution in [2.24, 2.45) is 0 Å². The normalized spacial score (nSPS) is 11.0. The van der Waals surface area contributed by atoms with E-state index in [2.05, 4.69) is 0 Å². The van der Waals surface area contributed by atoms with Crippen molar-refractivity contribution in [3.05, 3.63) is 59.7 Å². The lowest BCUT2D eigenvalue weighted by Gasteiger charge is -2.20. The number of ether oxygens (including phenoxy) is 2. The van der Waals surface area contributed by atoms with Gasteiger partial charge >= 0.3 is 11.9 Å². The molecule has 170 valence electrons. The highest BCUT2D eigenvalue weighted by Gasteiger charge is 2.09. The number of carbonyl (C=O) groups is 2. The van der Waals surface area contributed by atoms with Gasteiger partial charge in [-0.2, -0.15) is 0 Å². The first-order valence-corrected chi connectivity index (χ1v) is 9.87. The summed E-state index contributed by atoms with van der Waals surface area (Å²) in [7, 11) is 7.53. The summed E-state index contributed by atoms with van der Waals surface area (Å²) in [6.45, 7) is 0.609. The van der Waals surface area contributed by atoms with E-state index < -0.39 is 11.9 Å². The van der Waals surface area contributed by atoms with Gasteiger partial charge in [-0.25, -0.2) is 9.59 Å². The number of rotatable bonds is 11. The van der Waals surface area contributed by atoms with Crippen molar-refractivity contribution in [2.75, 3.05) is 51.2 Å². The van der Waals surface area contributed by atoms with Gasteiger partial charge in [0.1, 0.15) is 24.7 Å². The minimum atomic E-state index is -1.00. The maximum atomic E-state index is 10.7. The Balaban J connectivity index is 2.05. The topological polar surface area (TPSA) is 99.5 Å². The molecule has 2 aromatic rings. The minimum absolute atomic E-state index is 0.304. The van der Waals surface area contributed by atoms with Crippen LogP contribution in [0.2, 0.25) is 0 Å². The average Bonchev–Trinajstić information content (AvgIpc) is 2.74. The van der Waals surface area contributed by atoms with Crippen molar-refractivity contribution in [1.82, 2.24) is 0 Å². The Labute approximate surface area is 187 Å². The number of hydrogen-bond acceptors (Lipinski definition) is 6. The smallest absolute Gasteiger partial charge is 0.328 e. The van der Waals surface area contributed by atoms with Crippen LogP contribution >= 0.6 is 0 Å². The molecule has 0 amide bonds. The molecule has 0 heterocycles. The quantitative estimate of drug-likeness (QED) is 0.405. The summed E-state index contributed by atoms with van der Waals surface area (Å²) in [6.07, 6.45) is 5.24.